The summed E-state index contributed by atoms with van der Waals surface area (Å²) in [6.45, 7) is -1.41. The van der Waals surface area contributed by atoms with Crippen molar-refractivity contribution in [2.75, 3.05) is 11.4 Å². The van der Waals surface area contributed by atoms with E-state index in [-0.39, 0.29) is 5.82 Å². The van der Waals surface area contributed by atoms with Gasteiger partial charge in [0.05, 0.1) is 0 Å². The molecule has 2 aromatic rings. The van der Waals surface area contributed by atoms with E-state index in [1.807, 2.05) is 0 Å². The van der Waals surface area contributed by atoms with Gasteiger partial charge in [-0.2, -0.15) is 13.2 Å². The van der Waals surface area contributed by atoms with E-state index in [0.29, 0.717) is 16.9 Å². The average molecular weight is 338 g/mol. The number of anilines is 1. The molecule has 1 saturated carbocycles. The number of pyridine rings is 1. The van der Waals surface area contributed by atoms with Gasteiger partial charge in [-0.05, 0) is 36.1 Å². The second kappa shape index (κ2) is 6.22. The number of aromatic nitrogens is 1. The Bertz CT molecular complexity index is 733. The second-order valence-electron chi connectivity index (χ2n) is 5.70. The number of amides is 1. The molecule has 0 N–H and O–H groups in total. The molecule has 0 bridgehead atoms. The number of benzene rings is 1. The molecule has 2 atom stereocenters. The van der Waals surface area contributed by atoms with Crippen molar-refractivity contribution in [3.8, 4) is 0 Å². The Kier molecular flexibility index (Phi) is 4.26. The Labute approximate surface area is 135 Å². The standard InChI is InChI=1S/C17H14F4N2O/c18-14-6-2-1-5-11(14)12-9-13(12)16(24)23(10-17(19,20)21)15-7-3-4-8-22-15/h1-8,12-13H,9-10H2/t12-,13-/m1/s1. The Morgan fingerprint density at radius 1 is 1.17 bits per heavy atom. The van der Waals surface area contributed by atoms with Gasteiger partial charge in [-0.15, -0.1) is 0 Å². The van der Waals surface area contributed by atoms with Crippen LogP contribution in [0.25, 0.3) is 0 Å². The van der Waals surface area contributed by atoms with Crippen LogP contribution in [0, 0.1) is 11.7 Å². The van der Waals surface area contributed by atoms with Gasteiger partial charge >= 0.3 is 6.18 Å². The number of nitrogens with zero attached hydrogens (tertiary/aromatic N) is 2. The molecular weight excluding hydrogens is 324 g/mol. The summed E-state index contributed by atoms with van der Waals surface area (Å²) in [7, 11) is 0. The number of carbonyl (C=O) groups excluding carboxylic acids is 1. The third kappa shape index (κ3) is 3.55. The Balaban J connectivity index is 1.82. The molecule has 7 heteroatoms. The number of alkyl halides is 3. The number of halogens is 4. The van der Waals surface area contributed by atoms with Gasteiger partial charge < -0.3 is 0 Å². The first-order valence-electron chi connectivity index (χ1n) is 7.40. The van der Waals surface area contributed by atoms with Crippen molar-refractivity contribution in [3.05, 3.63) is 60.0 Å². The van der Waals surface area contributed by atoms with Crippen LogP contribution >= 0.6 is 0 Å². The highest BCUT2D eigenvalue weighted by molar-refractivity contribution is 5.96. The van der Waals surface area contributed by atoms with E-state index < -0.39 is 36.3 Å². The van der Waals surface area contributed by atoms with E-state index in [1.165, 1.54) is 30.5 Å². The molecule has 0 unspecified atom stereocenters. The minimum Gasteiger partial charge on any atom is -0.287 e. The zero-order chi connectivity index (χ0) is 17.3. The summed E-state index contributed by atoms with van der Waals surface area (Å²) in [5.41, 5.74) is 0.365. The largest absolute Gasteiger partial charge is 0.406 e. The van der Waals surface area contributed by atoms with E-state index in [1.54, 1.807) is 18.2 Å². The number of carbonyl (C=O) groups is 1. The quantitative estimate of drug-likeness (QED) is 0.792. The lowest BCUT2D eigenvalue weighted by Crippen LogP contribution is -2.40. The summed E-state index contributed by atoms with van der Waals surface area (Å²) in [6, 6.07) is 10.4. The predicted molar refractivity (Wildman–Crippen MR) is 79.9 cm³/mol. The summed E-state index contributed by atoms with van der Waals surface area (Å²) in [5, 5.41) is 0. The fourth-order valence-corrected chi connectivity index (χ4v) is 2.75. The van der Waals surface area contributed by atoms with Gasteiger partial charge in [0.25, 0.3) is 0 Å². The van der Waals surface area contributed by atoms with Crippen molar-refractivity contribution < 1.29 is 22.4 Å². The third-order valence-corrected chi connectivity index (χ3v) is 3.94. The van der Waals surface area contributed by atoms with E-state index in [4.69, 9.17) is 0 Å². The van der Waals surface area contributed by atoms with E-state index in [0.717, 1.165) is 0 Å². The maximum atomic E-state index is 13.8. The molecular formula is C17H14F4N2O. The molecule has 3 rings (SSSR count). The molecule has 3 nitrogen and oxygen atoms in total. The third-order valence-electron chi connectivity index (χ3n) is 3.94. The molecule has 126 valence electrons. The maximum absolute atomic E-state index is 13.8. The minimum absolute atomic E-state index is 0.0565. The van der Waals surface area contributed by atoms with Crippen molar-refractivity contribution in [3.63, 3.8) is 0 Å². The van der Waals surface area contributed by atoms with Gasteiger partial charge in [0.15, 0.2) is 0 Å². The highest BCUT2D eigenvalue weighted by Gasteiger charge is 2.49. The van der Waals surface area contributed by atoms with Crippen LogP contribution in [0.4, 0.5) is 23.4 Å². The Morgan fingerprint density at radius 2 is 1.88 bits per heavy atom. The normalized spacial score (nSPS) is 19.8. The zero-order valence-corrected chi connectivity index (χ0v) is 12.5. The molecule has 0 radical (unpaired) electrons. The van der Waals surface area contributed by atoms with Crippen LogP contribution in [0.2, 0.25) is 0 Å². The SMILES string of the molecule is O=C([C@@H]1C[C@@H]1c1ccccc1F)N(CC(F)(F)F)c1ccccn1. The van der Waals surface area contributed by atoms with Crippen molar-refractivity contribution in [1.82, 2.24) is 4.98 Å². The van der Waals surface area contributed by atoms with Gasteiger partial charge in [-0.1, -0.05) is 24.3 Å². The topological polar surface area (TPSA) is 33.2 Å². The lowest BCUT2D eigenvalue weighted by molar-refractivity contribution is -0.133. The molecule has 1 fully saturated rings. The zero-order valence-electron chi connectivity index (χ0n) is 12.5. The Morgan fingerprint density at radius 3 is 2.50 bits per heavy atom. The van der Waals surface area contributed by atoms with Crippen molar-refractivity contribution in [2.24, 2.45) is 5.92 Å². The van der Waals surface area contributed by atoms with Gasteiger partial charge in [0, 0.05) is 12.1 Å². The lowest BCUT2D eigenvalue weighted by atomic mass is 10.1. The molecule has 1 aromatic heterocycles. The monoisotopic (exact) mass is 338 g/mol. The number of rotatable bonds is 4. The van der Waals surface area contributed by atoms with Gasteiger partial charge in [-0.25, -0.2) is 9.37 Å². The lowest BCUT2D eigenvalue weighted by Gasteiger charge is -2.23. The number of hydrogen-bond acceptors (Lipinski definition) is 2. The van der Waals surface area contributed by atoms with Crippen LogP contribution in [-0.2, 0) is 4.79 Å². The highest BCUT2D eigenvalue weighted by atomic mass is 19.4. The molecule has 1 heterocycles. The van der Waals surface area contributed by atoms with Crippen LogP contribution in [0.1, 0.15) is 17.9 Å². The Hall–Kier alpha value is -2.44. The molecule has 1 aliphatic rings. The van der Waals surface area contributed by atoms with Crippen LogP contribution < -0.4 is 4.90 Å². The van der Waals surface area contributed by atoms with E-state index in [2.05, 4.69) is 4.98 Å². The second-order valence-corrected chi connectivity index (χ2v) is 5.70. The van der Waals surface area contributed by atoms with E-state index in [9.17, 15) is 22.4 Å². The highest BCUT2D eigenvalue weighted by Crippen LogP contribution is 2.49. The van der Waals surface area contributed by atoms with Crippen LogP contribution in [0.3, 0.4) is 0 Å². The van der Waals surface area contributed by atoms with E-state index >= 15 is 0 Å². The first-order chi connectivity index (χ1) is 11.4. The fraction of sp³-hybridized carbons (Fsp3) is 0.294. The van der Waals surface area contributed by atoms with Crippen LogP contribution in [-0.4, -0.2) is 23.6 Å². The van der Waals surface area contributed by atoms with Gasteiger partial charge in [0.2, 0.25) is 5.91 Å². The summed E-state index contributed by atoms with van der Waals surface area (Å²) < 4.78 is 52.3. The smallest absolute Gasteiger partial charge is 0.287 e. The maximum Gasteiger partial charge on any atom is 0.406 e. The molecule has 1 amide bonds. The minimum atomic E-state index is -4.55. The molecule has 1 aliphatic carbocycles. The van der Waals surface area contributed by atoms with Gasteiger partial charge in [0.1, 0.15) is 18.2 Å². The summed E-state index contributed by atoms with van der Waals surface area (Å²) in [4.78, 5) is 17.0. The summed E-state index contributed by atoms with van der Waals surface area (Å²) >= 11 is 0. The molecule has 0 spiro atoms. The first kappa shape index (κ1) is 16.4. The average Bonchev–Trinajstić information content (AvgIpc) is 3.33. The predicted octanol–water partition coefficient (Wildman–Crippen LogP) is 3.92. The summed E-state index contributed by atoms with van der Waals surface area (Å²) in [5.74, 6) is -2.24. The molecule has 0 saturated heterocycles. The van der Waals surface area contributed by atoms with Crippen molar-refractivity contribution in [1.29, 1.82) is 0 Å². The van der Waals surface area contributed by atoms with Crippen LogP contribution in [0.5, 0.6) is 0 Å². The number of hydrogen-bond donors (Lipinski definition) is 0. The van der Waals surface area contributed by atoms with Crippen molar-refractivity contribution in [2.45, 2.75) is 18.5 Å². The van der Waals surface area contributed by atoms with Crippen molar-refractivity contribution >= 4 is 11.7 Å². The van der Waals surface area contributed by atoms with Gasteiger partial charge in [-0.3, -0.25) is 9.69 Å². The molecule has 24 heavy (non-hydrogen) atoms. The van der Waals surface area contributed by atoms with Crippen LogP contribution in [0.15, 0.2) is 48.7 Å². The first-order valence-corrected chi connectivity index (χ1v) is 7.40. The molecule has 0 aliphatic heterocycles. The summed E-state index contributed by atoms with van der Waals surface area (Å²) in [6.07, 6.45) is -2.89. The molecule has 1 aromatic carbocycles. The fourth-order valence-electron chi connectivity index (χ4n) is 2.75.